The smallest absolute Gasteiger partial charge is 0.338 e. The molecule has 1 amide bonds. The Hall–Kier alpha value is -3.68. The number of rotatable bonds is 8. The van der Waals surface area contributed by atoms with Crippen molar-refractivity contribution in [3.05, 3.63) is 72.3 Å². The van der Waals surface area contributed by atoms with Gasteiger partial charge in [-0.25, -0.2) is 14.5 Å². The second-order valence-electron chi connectivity index (χ2n) is 6.29. The number of ether oxygens (including phenoxy) is 2. The van der Waals surface area contributed by atoms with Gasteiger partial charge in [-0.05, 0) is 48.9 Å². The summed E-state index contributed by atoms with van der Waals surface area (Å²) in [7, 11) is 1.67. The molecule has 0 fully saturated rings. The maximum atomic E-state index is 12.3. The Labute approximate surface area is 168 Å². The molecule has 8 heteroatoms. The minimum absolute atomic E-state index is 0.286. The molecule has 0 radical (unpaired) electrons. The van der Waals surface area contributed by atoms with Crippen molar-refractivity contribution in [3.63, 3.8) is 0 Å². The van der Waals surface area contributed by atoms with Crippen LogP contribution in [0.3, 0.4) is 0 Å². The second kappa shape index (κ2) is 9.50. The molecule has 0 saturated carbocycles. The lowest BCUT2D eigenvalue weighted by atomic mass is 10.2. The molecule has 3 rings (SSSR count). The van der Waals surface area contributed by atoms with Crippen molar-refractivity contribution in [1.82, 2.24) is 19.7 Å². The number of carbonyl (C=O) groups is 2. The van der Waals surface area contributed by atoms with Crippen molar-refractivity contribution < 1.29 is 19.1 Å². The zero-order chi connectivity index (χ0) is 20.6. The number of hydrogen-bond acceptors (Lipinski definition) is 6. The van der Waals surface area contributed by atoms with Gasteiger partial charge in [0.1, 0.15) is 18.4 Å². The highest BCUT2D eigenvalue weighted by Crippen LogP contribution is 2.13. The van der Waals surface area contributed by atoms with E-state index in [-0.39, 0.29) is 12.5 Å². The van der Waals surface area contributed by atoms with Gasteiger partial charge in [0.05, 0.1) is 17.9 Å². The second-order valence-corrected chi connectivity index (χ2v) is 6.29. The van der Waals surface area contributed by atoms with E-state index in [9.17, 15) is 9.59 Å². The van der Waals surface area contributed by atoms with E-state index in [1.165, 1.54) is 11.2 Å². The maximum absolute atomic E-state index is 12.3. The zero-order valence-corrected chi connectivity index (χ0v) is 16.3. The van der Waals surface area contributed by atoms with E-state index in [4.69, 9.17) is 9.47 Å². The van der Waals surface area contributed by atoms with E-state index in [0.717, 1.165) is 17.0 Å². The number of hydrogen-bond donors (Lipinski definition) is 0. The van der Waals surface area contributed by atoms with Gasteiger partial charge in [0.2, 0.25) is 0 Å². The zero-order valence-electron chi connectivity index (χ0n) is 16.3. The van der Waals surface area contributed by atoms with Crippen LogP contribution >= 0.6 is 0 Å². The Balaban J connectivity index is 1.49. The van der Waals surface area contributed by atoms with Crippen molar-refractivity contribution in [3.8, 4) is 11.4 Å². The number of benzene rings is 2. The normalized spacial score (nSPS) is 10.4. The van der Waals surface area contributed by atoms with Crippen LogP contribution in [0.5, 0.6) is 5.75 Å². The molecule has 2 aromatic carbocycles. The number of aromatic nitrogens is 3. The number of carbonyl (C=O) groups excluding carboxylic acids is 2. The van der Waals surface area contributed by atoms with E-state index in [1.807, 2.05) is 31.2 Å². The molecule has 150 valence electrons. The fourth-order valence-corrected chi connectivity index (χ4v) is 2.63. The summed E-state index contributed by atoms with van der Waals surface area (Å²) < 4.78 is 12.1. The molecule has 0 aliphatic carbocycles. The third kappa shape index (κ3) is 5.41. The topological polar surface area (TPSA) is 86.5 Å². The molecule has 8 nitrogen and oxygen atoms in total. The van der Waals surface area contributed by atoms with Gasteiger partial charge in [-0.2, -0.15) is 5.10 Å². The minimum atomic E-state index is -0.557. The fraction of sp³-hybridized carbons (Fsp3) is 0.238. The lowest BCUT2D eigenvalue weighted by molar-refractivity contribution is -0.133. The highest BCUT2D eigenvalue weighted by molar-refractivity contribution is 5.91. The molecule has 1 heterocycles. The molecular formula is C21H22N4O4. The Bertz CT molecular complexity index is 938. The van der Waals surface area contributed by atoms with Crippen LogP contribution in [0.15, 0.2) is 61.2 Å². The minimum Gasteiger partial charge on any atom is -0.494 e. The Kier molecular flexibility index (Phi) is 6.57. The van der Waals surface area contributed by atoms with Crippen LogP contribution in [0.4, 0.5) is 0 Å². The van der Waals surface area contributed by atoms with Crippen molar-refractivity contribution >= 4 is 11.9 Å². The van der Waals surface area contributed by atoms with Crippen molar-refractivity contribution in [2.75, 3.05) is 20.3 Å². The Morgan fingerprint density at radius 2 is 1.79 bits per heavy atom. The fourth-order valence-electron chi connectivity index (χ4n) is 2.63. The van der Waals surface area contributed by atoms with E-state index in [2.05, 4.69) is 10.1 Å². The molecular weight excluding hydrogens is 372 g/mol. The summed E-state index contributed by atoms with van der Waals surface area (Å²) in [4.78, 5) is 29.8. The molecule has 0 atom stereocenters. The van der Waals surface area contributed by atoms with Crippen LogP contribution < -0.4 is 4.74 Å². The largest absolute Gasteiger partial charge is 0.494 e. The molecule has 1 aromatic heterocycles. The number of amides is 1. The summed E-state index contributed by atoms with van der Waals surface area (Å²) in [6.45, 7) is 2.62. The van der Waals surface area contributed by atoms with Crippen LogP contribution in [0.25, 0.3) is 5.69 Å². The average molecular weight is 394 g/mol. The first-order chi connectivity index (χ1) is 14.1. The van der Waals surface area contributed by atoms with Crippen LogP contribution in [0, 0.1) is 0 Å². The summed E-state index contributed by atoms with van der Waals surface area (Å²) >= 11 is 0. The predicted octanol–water partition coefficient (Wildman–Crippen LogP) is 2.48. The molecule has 0 aliphatic rings. The summed E-state index contributed by atoms with van der Waals surface area (Å²) in [5, 5.41) is 4.02. The van der Waals surface area contributed by atoms with E-state index >= 15 is 0 Å². The molecule has 0 spiro atoms. The third-order valence-electron chi connectivity index (χ3n) is 4.19. The van der Waals surface area contributed by atoms with Crippen LogP contribution in [-0.4, -0.2) is 51.8 Å². The summed E-state index contributed by atoms with van der Waals surface area (Å²) in [5.74, 6) is -0.0570. The number of esters is 1. The van der Waals surface area contributed by atoms with Gasteiger partial charge in [0.25, 0.3) is 5.91 Å². The van der Waals surface area contributed by atoms with Crippen LogP contribution in [0.1, 0.15) is 22.8 Å². The SMILES string of the molecule is CCOc1ccc(CN(C)C(=O)COC(=O)c2ccc(-n3cncn3)cc2)cc1. The molecule has 29 heavy (non-hydrogen) atoms. The Morgan fingerprint density at radius 3 is 2.41 bits per heavy atom. The predicted molar refractivity (Wildman–Crippen MR) is 106 cm³/mol. The third-order valence-corrected chi connectivity index (χ3v) is 4.19. The van der Waals surface area contributed by atoms with Crippen molar-refractivity contribution in [1.29, 1.82) is 0 Å². The molecule has 0 unspecified atom stereocenters. The van der Waals surface area contributed by atoms with Gasteiger partial charge in [0, 0.05) is 13.6 Å². The van der Waals surface area contributed by atoms with E-state index in [0.29, 0.717) is 18.7 Å². The summed E-state index contributed by atoms with van der Waals surface area (Å²) in [6, 6.07) is 14.2. The van der Waals surface area contributed by atoms with Gasteiger partial charge < -0.3 is 14.4 Å². The van der Waals surface area contributed by atoms with Gasteiger partial charge in [-0.15, -0.1) is 0 Å². The van der Waals surface area contributed by atoms with Gasteiger partial charge in [0.15, 0.2) is 6.61 Å². The first-order valence-electron chi connectivity index (χ1n) is 9.14. The average Bonchev–Trinajstić information content (AvgIpc) is 3.28. The van der Waals surface area contributed by atoms with Crippen LogP contribution in [-0.2, 0) is 16.1 Å². The lowest BCUT2D eigenvalue weighted by Gasteiger charge is -2.17. The lowest BCUT2D eigenvalue weighted by Crippen LogP contribution is -2.30. The highest BCUT2D eigenvalue weighted by atomic mass is 16.5. The molecule has 0 aliphatic heterocycles. The van der Waals surface area contributed by atoms with E-state index < -0.39 is 5.97 Å². The maximum Gasteiger partial charge on any atom is 0.338 e. The van der Waals surface area contributed by atoms with Gasteiger partial charge in [-0.3, -0.25) is 4.79 Å². The Morgan fingerprint density at radius 1 is 1.07 bits per heavy atom. The standard InChI is InChI=1S/C21H22N4O4/c1-3-28-19-10-4-16(5-11-19)12-24(2)20(26)13-29-21(27)17-6-8-18(9-7-17)25-15-22-14-23-25/h4-11,14-15H,3,12-13H2,1-2H3. The quantitative estimate of drug-likeness (QED) is 0.546. The summed E-state index contributed by atoms with van der Waals surface area (Å²) in [6.07, 6.45) is 2.99. The van der Waals surface area contributed by atoms with Crippen LogP contribution in [0.2, 0.25) is 0 Å². The molecule has 0 N–H and O–H groups in total. The number of nitrogens with zero attached hydrogens (tertiary/aromatic N) is 4. The summed E-state index contributed by atoms with van der Waals surface area (Å²) in [5.41, 5.74) is 2.08. The first kappa shape index (κ1) is 20.1. The monoisotopic (exact) mass is 394 g/mol. The van der Waals surface area contributed by atoms with Gasteiger partial charge >= 0.3 is 5.97 Å². The van der Waals surface area contributed by atoms with Crippen molar-refractivity contribution in [2.24, 2.45) is 0 Å². The number of likely N-dealkylation sites (N-methyl/N-ethyl adjacent to an activating group) is 1. The molecule has 0 bridgehead atoms. The van der Waals surface area contributed by atoms with Gasteiger partial charge in [-0.1, -0.05) is 12.1 Å². The van der Waals surface area contributed by atoms with Crippen molar-refractivity contribution in [2.45, 2.75) is 13.5 Å². The first-order valence-corrected chi connectivity index (χ1v) is 9.14. The highest BCUT2D eigenvalue weighted by Gasteiger charge is 2.14. The molecule has 3 aromatic rings. The van der Waals surface area contributed by atoms with E-state index in [1.54, 1.807) is 42.3 Å². The molecule has 0 saturated heterocycles.